The molecule has 0 N–H and O–H groups in total. The van der Waals surface area contributed by atoms with Crippen molar-refractivity contribution < 1.29 is 18.7 Å². The van der Waals surface area contributed by atoms with E-state index in [-0.39, 0.29) is 24.1 Å². The van der Waals surface area contributed by atoms with Crippen LogP contribution in [0.4, 0.5) is 4.39 Å². The quantitative estimate of drug-likeness (QED) is 0.779. The Morgan fingerprint density at radius 2 is 2.37 bits per heavy atom. The molecule has 0 spiro atoms. The van der Waals surface area contributed by atoms with E-state index in [0.29, 0.717) is 18.8 Å². The largest absolute Gasteiger partial charge is 0.494 e. The highest BCUT2D eigenvalue weighted by atomic mass is 19.1. The number of morpholine rings is 1. The van der Waals surface area contributed by atoms with Gasteiger partial charge in [-0.1, -0.05) is 0 Å². The lowest BCUT2D eigenvalue weighted by atomic mass is 10.1. The Balaban J connectivity index is 2.05. The van der Waals surface area contributed by atoms with E-state index >= 15 is 0 Å². The first-order valence-corrected chi connectivity index (χ1v) is 6.30. The third kappa shape index (κ3) is 3.30. The molecule has 19 heavy (non-hydrogen) atoms. The van der Waals surface area contributed by atoms with Crippen molar-refractivity contribution in [3.63, 3.8) is 0 Å². The van der Waals surface area contributed by atoms with Crippen molar-refractivity contribution in [1.82, 2.24) is 4.90 Å². The molecule has 5 heteroatoms. The number of Topliss-reactive ketones (excluding diaryl/α,β-unsaturated/α-hetero) is 1. The Morgan fingerprint density at radius 3 is 3.00 bits per heavy atom. The Bertz CT molecular complexity index is 464. The third-order valence-electron chi connectivity index (χ3n) is 3.33. The Kier molecular flexibility index (Phi) is 4.50. The zero-order valence-electron chi connectivity index (χ0n) is 11.2. The van der Waals surface area contributed by atoms with Crippen molar-refractivity contribution >= 4 is 5.78 Å². The van der Waals surface area contributed by atoms with Crippen molar-refractivity contribution in [3.05, 3.63) is 29.6 Å². The Morgan fingerprint density at radius 1 is 1.58 bits per heavy atom. The van der Waals surface area contributed by atoms with Gasteiger partial charge in [-0.2, -0.15) is 0 Å². The molecule has 1 unspecified atom stereocenters. The number of carbonyl (C=O) groups is 1. The lowest BCUT2D eigenvalue weighted by Crippen LogP contribution is -2.45. The number of ether oxygens (including phenoxy) is 2. The van der Waals surface area contributed by atoms with Crippen LogP contribution in [-0.2, 0) is 4.74 Å². The minimum atomic E-state index is -0.511. The lowest BCUT2D eigenvalue weighted by Gasteiger charge is -2.32. The van der Waals surface area contributed by atoms with E-state index in [4.69, 9.17) is 9.47 Å². The maximum atomic E-state index is 13.6. The van der Waals surface area contributed by atoms with Gasteiger partial charge in [0.25, 0.3) is 0 Å². The topological polar surface area (TPSA) is 38.8 Å². The summed E-state index contributed by atoms with van der Waals surface area (Å²) in [5.74, 6) is -0.449. The summed E-state index contributed by atoms with van der Waals surface area (Å²) in [7, 11) is 1.40. The number of benzene rings is 1. The molecule has 1 aromatic rings. The van der Waals surface area contributed by atoms with Crippen LogP contribution in [0.2, 0.25) is 0 Å². The summed E-state index contributed by atoms with van der Waals surface area (Å²) in [6, 6.07) is 4.51. The van der Waals surface area contributed by atoms with Gasteiger partial charge in [0, 0.05) is 18.2 Å². The van der Waals surface area contributed by atoms with Crippen molar-refractivity contribution in [2.24, 2.45) is 0 Å². The SMILES string of the molecule is COc1ccc(C(=O)CN2CCOCC2C)cc1F. The van der Waals surface area contributed by atoms with Crippen LogP contribution < -0.4 is 4.74 Å². The minimum Gasteiger partial charge on any atom is -0.494 e. The van der Waals surface area contributed by atoms with E-state index in [1.807, 2.05) is 11.8 Å². The smallest absolute Gasteiger partial charge is 0.176 e. The molecule has 1 atom stereocenters. The van der Waals surface area contributed by atoms with Gasteiger partial charge in [0.1, 0.15) is 0 Å². The van der Waals surface area contributed by atoms with Crippen LogP contribution in [0.15, 0.2) is 18.2 Å². The number of methoxy groups -OCH3 is 1. The summed E-state index contributed by atoms with van der Waals surface area (Å²) in [5, 5.41) is 0. The Labute approximate surface area is 112 Å². The molecule has 0 bridgehead atoms. The van der Waals surface area contributed by atoms with Crippen LogP contribution in [0.5, 0.6) is 5.75 Å². The fraction of sp³-hybridized carbons (Fsp3) is 0.500. The zero-order valence-corrected chi connectivity index (χ0v) is 11.2. The van der Waals surface area contributed by atoms with Gasteiger partial charge in [0.05, 0.1) is 26.9 Å². The van der Waals surface area contributed by atoms with E-state index in [1.165, 1.54) is 19.2 Å². The molecule has 0 aliphatic carbocycles. The average Bonchev–Trinajstić information content (AvgIpc) is 2.41. The minimum absolute atomic E-state index is 0.0877. The summed E-state index contributed by atoms with van der Waals surface area (Å²) in [6.45, 7) is 4.29. The first kappa shape index (κ1) is 14.0. The number of hydrogen-bond donors (Lipinski definition) is 0. The molecule has 1 aliphatic heterocycles. The standard InChI is InChI=1S/C14H18FNO3/c1-10-9-19-6-5-16(10)8-13(17)11-3-4-14(18-2)12(15)7-11/h3-4,7,10H,5-6,8-9H2,1-2H3. The zero-order chi connectivity index (χ0) is 13.8. The van der Waals surface area contributed by atoms with Gasteiger partial charge in [-0.25, -0.2) is 4.39 Å². The van der Waals surface area contributed by atoms with Crippen LogP contribution in [0.1, 0.15) is 17.3 Å². The van der Waals surface area contributed by atoms with Gasteiger partial charge < -0.3 is 9.47 Å². The third-order valence-corrected chi connectivity index (χ3v) is 3.33. The molecule has 1 fully saturated rings. The van der Waals surface area contributed by atoms with Gasteiger partial charge in [0.2, 0.25) is 0 Å². The van der Waals surface area contributed by atoms with Crippen molar-refractivity contribution in [2.45, 2.75) is 13.0 Å². The second-order valence-corrected chi connectivity index (χ2v) is 4.67. The first-order chi connectivity index (χ1) is 9.11. The van der Waals surface area contributed by atoms with Gasteiger partial charge in [0.15, 0.2) is 17.3 Å². The highest BCUT2D eigenvalue weighted by molar-refractivity contribution is 5.97. The fourth-order valence-corrected chi connectivity index (χ4v) is 2.11. The van der Waals surface area contributed by atoms with Crippen LogP contribution in [-0.4, -0.2) is 50.1 Å². The van der Waals surface area contributed by atoms with Gasteiger partial charge in [-0.3, -0.25) is 9.69 Å². The predicted molar refractivity (Wildman–Crippen MR) is 69.1 cm³/mol. The van der Waals surface area contributed by atoms with E-state index in [2.05, 4.69) is 0 Å². The molecule has 104 valence electrons. The van der Waals surface area contributed by atoms with E-state index in [0.717, 1.165) is 6.54 Å². The number of nitrogens with zero attached hydrogens (tertiary/aromatic N) is 1. The molecule has 0 aromatic heterocycles. The summed E-state index contributed by atoms with van der Waals surface area (Å²) in [6.07, 6.45) is 0. The van der Waals surface area contributed by atoms with Crippen LogP contribution in [0.25, 0.3) is 0 Å². The van der Waals surface area contributed by atoms with E-state index in [9.17, 15) is 9.18 Å². The summed E-state index contributed by atoms with van der Waals surface area (Å²) >= 11 is 0. The fourth-order valence-electron chi connectivity index (χ4n) is 2.11. The van der Waals surface area contributed by atoms with Gasteiger partial charge >= 0.3 is 0 Å². The second kappa shape index (κ2) is 6.12. The molecule has 0 amide bonds. The second-order valence-electron chi connectivity index (χ2n) is 4.67. The van der Waals surface area contributed by atoms with Crippen LogP contribution in [0.3, 0.4) is 0 Å². The maximum absolute atomic E-state index is 13.6. The summed E-state index contributed by atoms with van der Waals surface area (Å²) < 4.78 is 23.7. The maximum Gasteiger partial charge on any atom is 0.176 e. The van der Waals surface area contributed by atoms with Crippen molar-refractivity contribution in [1.29, 1.82) is 0 Å². The number of carbonyl (C=O) groups excluding carboxylic acids is 1. The number of ketones is 1. The van der Waals surface area contributed by atoms with Crippen molar-refractivity contribution in [2.75, 3.05) is 33.4 Å². The molecule has 2 rings (SSSR count). The molecular formula is C14H18FNO3. The molecule has 0 saturated carbocycles. The van der Waals surface area contributed by atoms with Gasteiger partial charge in [-0.05, 0) is 25.1 Å². The summed E-state index contributed by atoms with van der Waals surface area (Å²) in [4.78, 5) is 14.2. The highest BCUT2D eigenvalue weighted by Gasteiger charge is 2.22. The molecule has 1 saturated heterocycles. The van der Waals surface area contributed by atoms with Crippen LogP contribution >= 0.6 is 0 Å². The van der Waals surface area contributed by atoms with Crippen molar-refractivity contribution in [3.8, 4) is 5.75 Å². The lowest BCUT2D eigenvalue weighted by molar-refractivity contribution is 0.00200. The van der Waals surface area contributed by atoms with E-state index in [1.54, 1.807) is 6.07 Å². The molecular weight excluding hydrogens is 249 g/mol. The van der Waals surface area contributed by atoms with Crippen LogP contribution in [0, 0.1) is 5.82 Å². The average molecular weight is 267 g/mol. The molecule has 1 heterocycles. The molecule has 0 radical (unpaired) electrons. The normalized spacial score (nSPS) is 20.3. The molecule has 1 aromatic carbocycles. The van der Waals surface area contributed by atoms with Gasteiger partial charge in [-0.15, -0.1) is 0 Å². The monoisotopic (exact) mass is 267 g/mol. The number of rotatable bonds is 4. The Hall–Kier alpha value is -1.46. The first-order valence-electron chi connectivity index (χ1n) is 6.30. The summed E-state index contributed by atoms with van der Waals surface area (Å²) in [5.41, 5.74) is 0.372. The molecule has 1 aliphatic rings. The number of halogens is 1. The molecule has 4 nitrogen and oxygen atoms in total. The predicted octanol–water partition coefficient (Wildman–Crippen LogP) is 1.74. The highest BCUT2D eigenvalue weighted by Crippen LogP contribution is 2.18. The number of hydrogen-bond acceptors (Lipinski definition) is 4. The van der Waals surface area contributed by atoms with E-state index < -0.39 is 5.82 Å².